The molecule has 1 unspecified atom stereocenters. The predicted octanol–water partition coefficient (Wildman–Crippen LogP) is 1.33. The van der Waals surface area contributed by atoms with Gasteiger partial charge in [0.25, 0.3) is 5.91 Å². The molecule has 12 nitrogen and oxygen atoms in total. The van der Waals surface area contributed by atoms with Gasteiger partial charge in [0, 0.05) is 38.3 Å². The van der Waals surface area contributed by atoms with Crippen molar-refractivity contribution < 1.29 is 33.9 Å². The molecular formula is C28H40BN5O7. The summed E-state index contributed by atoms with van der Waals surface area (Å²) in [6, 6.07) is 10.8. The number of alkyl carbamates (subject to hydrolysis) is 1. The van der Waals surface area contributed by atoms with Crippen molar-refractivity contribution in [2.24, 2.45) is 0 Å². The lowest BCUT2D eigenvalue weighted by atomic mass is 9.76. The van der Waals surface area contributed by atoms with Crippen molar-refractivity contribution in [3.63, 3.8) is 0 Å². The summed E-state index contributed by atoms with van der Waals surface area (Å²) in [5.74, 6) is -1.39. The number of piperazine rings is 1. The molecule has 1 aromatic rings. The Balaban J connectivity index is 1.61. The highest BCUT2D eigenvalue weighted by Gasteiger charge is 2.35. The Bertz CT molecular complexity index is 1120. The van der Waals surface area contributed by atoms with E-state index in [9.17, 15) is 29.7 Å². The molecule has 222 valence electrons. The van der Waals surface area contributed by atoms with Gasteiger partial charge in [-0.2, -0.15) is 5.26 Å². The SMILES string of the molecule is COC(=O)N1CCN(C(C)(C)C=C(C#N)C(=O)N2CCCCC2COC(=O)N[C@@H](Cc2ccccc2)B(O)O)CC1. The van der Waals surface area contributed by atoms with Crippen LogP contribution in [0.5, 0.6) is 0 Å². The number of amides is 3. The molecule has 2 aliphatic rings. The molecule has 2 heterocycles. The van der Waals surface area contributed by atoms with Crippen LogP contribution in [-0.2, 0) is 20.7 Å². The number of nitrogens with one attached hydrogen (secondary N) is 1. The topological polar surface area (TPSA) is 156 Å². The number of carbonyl (C=O) groups excluding carboxylic acids is 3. The van der Waals surface area contributed by atoms with E-state index in [0.717, 1.165) is 18.4 Å². The minimum absolute atomic E-state index is 0.00748. The Hall–Kier alpha value is -3.60. The molecule has 3 amide bonds. The van der Waals surface area contributed by atoms with Crippen LogP contribution in [0.2, 0.25) is 0 Å². The first-order valence-corrected chi connectivity index (χ1v) is 13.9. The molecule has 0 saturated carbocycles. The molecule has 2 aliphatic heterocycles. The van der Waals surface area contributed by atoms with Gasteiger partial charge in [-0.3, -0.25) is 9.69 Å². The third-order valence-corrected chi connectivity index (χ3v) is 7.63. The van der Waals surface area contributed by atoms with E-state index in [-0.39, 0.29) is 24.7 Å². The highest BCUT2D eigenvalue weighted by Crippen LogP contribution is 2.24. The number of likely N-dealkylation sites (tertiary alicyclic amines) is 1. The zero-order valence-electron chi connectivity index (χ0n) is 24.0. The molecule has 0 spiro atoms. The standard InChI is InChI=1S/C28H40BN5O7/c1-28(2,33-15-13-32(14-16-33)27(37)40-3)18-22(19-30)25(35)34-12-8-7-11-23(34)20-41-26(36)31-24(29(38)39)17-21-9-5-4-6-10-21/h4-6,9-10,18,23-24,38-39H,7-8,11-17,20H2,1-3H3,(H,31,36)/t23?,24-/m0/s1. The van der Waals surface area contributed by atoms with Crippen molar-refractivity contribution in [2.75, 3.05) is 46.4 Å². The highest BCUT2D eigenvalue weighted by molar-refractivity contribution is 6.43. The second-order valence-corrected chi connectivity index (χ2v) is 10.9. The molecule has 0 bridgehead atoms. The maximum atomic E-state index is 13.5. The van der Waals surface area contributed by atoms with Crippen molar-refractivity contribution in [1.82, 2.24) is 20.0 Å². The van der Waals surface area contributed by atoms with Crippen LogP contribution in [0.4, 0.5) is 9.59 Å². The number of nitriles is 1. The largest absolute Gasteiger partial charge is 0.475 e. The Kier molecular flexibility index (Phi) is 11.6. The zero-order valence-corrected chi connectivity index (χ0v) is 24.0. The summed E-state index contributed by atoms with van der Waals surface area (Å²) in [4.78, 5) is 43.2. The van der Waals surface area contributed by atoms with Crippen LogP contribution in [-0.4, -0.2) is 114 Å². The number of benzene rings is 1. The fraction of sp³-hybridized carbons (Fsp3) is 0.571. The lowest BCUT2D eigenvalue weighted by molar-refractivity contribution is -0.131. The number of hydrogen-bond donors (Lipinski definition) is 3. The van der Waals surface area contributed by atoms with Crippen molar-refractivity contribution in [1.29, 1.82) is 5.26 Å². The summed E-state index contributed by atoms with van der Waals surface area (Å²) < 4.78 is 10.2. The molecule has 0 radical (unpaired) electrons. The summed E-state index contributed by atoms with van der Waals surface area (Å²) in [6.45, 7) is 6.28. The maximum absolute atomic E-state index is 13.5. The molecule has 2 saturated heterocycles. The average molecular weight is 569 g/mol. The smallest absolute Gasteiger partial charge is 0.453 e. The van der Waals surface area contributed by atoms with E-state index in [1.807, 2.05) is 44.2 Å². The lowest BCUT2D eigenvalue weighted by Gasteiger charge is -2.42. The molecule has 41 heavy (non-hydrogen) atoms. The van der Waals surface area contributed by atoms with Gasteiger partial charge in [-0.1, -0.05) is 30.3 Å². The van der Waals surface area contributed by atoms with Crippen LogP contribution in [0, 0.1) is 11.3 Å². The van der Waals surface area contributed by atoms with Gasteiger partial charge in [-0.25, -0.2) is 9.59 Å². The summed E-state index contributed by atoms with van der Waals surface area (Å²) in [5, 5.41) is 31.9. The first kappa shape index (κ1) is 31.9. The summed E-state index contributed by atoms with van der Waals surface area (Å²) >= 11 is 0. The number of piperidine rings is 1. The van der Waals surface area contributed by atoms with E-state index < -0.39 is 36.6 Å². The van der Waals surface area contributed by atoms with Crippen molar-refractivity contribution in [3.05, 3.63) is 47.5 Å². The number of methoxy groups -OCH3 is 1. The van der Waals surface area contributed by atoms with Gasteiger partial charge in [-0.05, 0) is 51.2 Å². The van der Waals surface area contributed by atoms with Crippen LogP contribution in [0.15, 0.2) is 42.0 Å². The normalized spacial score (nSPS) is 19.1. The van der Waals surface area contributed by atoms with Crippen LogP contribution in [0.25, 0.3) is 0 Å². The van der Waals surface area contributed by atoms with E-state index in [2.05, 4.69) is 16.3 Å². The first-order valence-electron chi connectivity index (χ1n) is 13.9. The lowest BCUT2D eigenvalue weighted by Crippen LogP contribution is -2.55. The number of carbonyl (C=O) groups is 3. The number of hydrogen-bond acceptors (Lipinski definition) is 9. The van der Waals surface area contributed by atoms with Crippen molar-refractivity contribution >= 4 is 25.2 Å². The number of nitrogens with zero attached hydrogens (tertiary/aromatic N) is 4. The Morgan fingerprint density at radius 3 is 2.44 bits per heavy atom. The van der Waals surface area contributed by atoms with Crippen molar-refractivity contribution in [2.45, 2.75) is 57.1 Å². The average Bonchev–Trinajstić information content (AvgIpc) is 2.98. The quantitative estimate of drug-likeness (QED) is 0.227. The minimum atomic E-state index is -1.79. The van der Waals surface area contributed by atoms with Crippen LogP contribution < -0.4 is 5.32 Å². The van der Waals surface area contributed by atoms with E-state index in [1.165, 1.54) is 7.11 Å². The molecule has 1 aromatic carbocycles. The fourth-order valence-electron chi connectivity index (χ4n) is 5.24. The number of rotatable bonds is 9. The molecule has 0 aliphatic carbocycles. The second-order valence-electron chi connectivity index (χ2n) is 10.9. The van der Waals surface area contributed by atoms with Gasteiger partial charge in [0.1, 0.15) is 18.2 Å². The molecule has 2 fully saturated rings. The Labute approximate surface area is 241 Å². The van der Waals surface area contributed by atoms with Crippen LogP contribution >= 0.6 is 0 Å². The summed E-state index contributed by atoms with van der Waals surface area (Å²) in [5.41, 5.74) is 0.205. The van der Waals surface area contributed by atoms with E-state index in [0.29, 0.717) is 39.1 Å². The van der Waals surface area contributed by atoms with E-state index >= 15 is 0 Å². The third-order valence-electron chi connectivity index (χ3n) is 7.63. The molecule has 3 rings (SSSR count). The van der Waals surface area contributed by atoms with Gasteiger partial charge in [0.05, 0.1) is 19.1 Å². The molecule has 3 N–H and O–H groups in total. The molecule has 2 atom stereocenters. The Morgan fingerprint density at radius 2 is 1.83 bits per heavy atom. The fourth-order valence-corrected chi connectivity index (χ4v) is 5.24. The predicted molar refractivity (Wildman–Crippen MR) is 151 cm³/mol. The van der Waals surface area contributed by atoms with Crippen LogP contribution in [0.1, 0.15) is 38.7 Å². The monoisotopic (exact) mass is 569 g/mol. The zero-order chi connectivity index (χ0) is 30.0. The van der Waals surface area contributed by atoms with Gasteiger partial charge in [0.2, 0.25) is 0 Å². The Morgan fingerprint density at radius 1 is 1.15 bits per heavy atom. The second kappa shape index (κ2) is 14.9. The number of ether oxygens (including phenoxy) is 2. The van der Waals surface area contributed by atoms with E-state index in [1.54, 1.807) is 15.9 Å². The minimum Gasteiger partial charge on any atom is -0.453 e. The molecular weight excluding hydrogens is 529 g/mol. The van der Waals surface area contributed by atoms with Crippen molar-refractivity contribution in [3.8, 4) is 6.07 Å². The van der Waals surface area contributed by atoms with Crippen LogP contribution in [0.3, 0.4) is 0 Å². The van der Waals surface area contributed by atoms with Gasteiger partial charge in [-0.15, -0.1) is 0 Å². The highest BCUT2D eigenvalue weighted by atomic mass is 16.6. The third kappa shape index (κ3) is 8.95. The van der Waals surface area contributed by atoms with E-state index in [4.69, 9.17) is 9.47 Å². The van der Waals surface area contributed by atoms with Gasteiger partial charge in [0.15, 0.2) is 0 Å². The summed E-state index contributed by atoms with van der Waals surface area (Å²) in [7, 11) is -0.439. The molecule has 13 heteroatoms. The van der Waals surface area contributed by atoms with Gasteiger partial charge < -0.3 is 34.6 Å². The van der Waals surface area contributed by atoms with Gasteiger partial charge >= 0.3 is 19.3 Å². The molecule has 0 aromatic heterocycles. The first-order chi connectivity index (χ1) is 19.6. The summed E-state index contributed by atoms with van der Waals surface area (Å²) in [6.07, 6.45) is 2.88. The maximum Gasteiger partial charge on any atom is 0.475 e.